The molecule has 2 atom stereocenters. The van der Waals surface area contributed by atoms with Crippen LogP contribution in [0.3, 0.4) is 0 Å². The summed E-state index contributed by atoms with van der Waals surface area (Å²) in [5.74, 6) is 0.601. The third-order valence-corrected chi connectivity index (χ3v) is 4.88. The highest BCUT2D eigenvalue weighted by molar-refractivity contribution is 7.91. The highest BCUT2D eigenvalue weighted by atomic mass is 32.2. The molecule has 19 heavy (non-hydrogen) atoms. The van der Waals surface area contributed by atoms with Gasteiger partial charge in [0.05, 0.1) is 30.3 Å². The Bertz CT molecular complexity index is 522. The molecule has 0 aliphatic heterocycles. The highest BCUT2D eigenvalue weighted by Crippen LogP contribution is 2.31. The van der Waals surface area contributed by atoms with E-state index in [1.165, 1.54) is 6.26 Å². The van der Waals surface area contributed by atoms with Gasteiger partial charge >= 0.3 is 0 Å². The van der Waals surface area contributed by atoms with Crippen molar-refractivity contribution in [1.29, 1.82) is 0 Å². The van der Waals surface area contributed by atoms with Crippen LogP contribution in [-0.2, 0) is 9.84 Å². The van der Waals surface area contributed by atoms with Gasteiger partial charge in [0.2, 0.25) is 0 Å². The summed E-state index contributed by atoms with van der Waals surface area (Å²) >= 11 is 0. The fourth-order valence-corrected chi connectivity index (χ4v) is 2.82. The van der Waals surface area contributed by atoms with Gasteiger partial charge in [-0.05, 0) is 27.8 Å². The predicted octanol–water partition coefficient (Wildman–Crippen LogP) is 1.17. The van der Waals surface area contributed by atoms with Crippen LogP contribution in [0.15, 0.2) is 6.20 Å². The minimum absolute atomic E-state index is 0.126. The van der Waals surface area contributed by atoms with Crippen molar-refractivity contribution in [2.75, 3.05) is 20.4 Å². The molecule has 0 radical (unpaired) electrons. The number of sulfone groups is 1. The molecule has 1 rings (SSSR count). The summed E-state index contributed by atoms with van der Waals surface area (Å²) in [7, 11) is 0.131. The fraction of sp³-hybridized carbons (Fsp3) is 0.750. The fourth-order valence-electron chi connectivity index (χ4n) is 2.06. The second-order valence-corrected chi connectivity index (χ2v) is 7.34. The van der Waals surface area contributed by atoms with E-state index in [9.17, 15) is 8.42 Å². The van der Waals surface area contributed by atoms with Gasteiger partial charge in [-0.2, -0.15) is 5.10 Å². The summed E-state index contributed by atoms with van der Waals surface area (Å²) in [5.41, 5.74) is 0.762. The Kier molecular flexibility index (Phi) is 4.98. The smallest absolute Gasteiger partial charge is 0.161 e. The van der Waals surface area contributed by atoms with Crippen LogP contribution in [0.2, 0.25) is 0 Å². The van der Waals surface area contributed by atoms with Crippen LogP contribution >= 0.6 is 0 Å². The number of nitrogens with one attached hydrogen (secondary N) is 1. The van der Waals surface area contributed by atoms with Gasteiger partial charge in [0.15, 0.2) is 15.6 Å². The molecule has 0 fully saturated rings. The minimum Gasteiger partial charge on any atom is -0.493 e. The molecule has 0 saturated carbocycles. The first kappa shape index (κ1) is 16.0. The standard InChI is InChI=1S/C12H23N3O3S/c1-8(2)15-12(10(18-5)7-14-15)11(13-4)9(3)19(6,16)17/h7-9,11,13H,1-6H3. The summed E-state index contributed by atoms with van der Waals surface area (Å²) in [4.78, 5) is 0. The first-order valence-electron chi connectivity index (χ1n) is 6.21. The van der Waals surface area contributed by atoms with Crippen LogP contribution in [0.4, 0.5) is 0 Å². The predicted molar refractivity (Wildman–Crippen MR) is 75.3 cm³/mol. The molecule has 1 heterocycles. The molecular formula is C12H23N3O3S. The third kappa shape index (κ3) is 3.27. The maximum atomic E-state index is 11.8. The Labute approximate surface area is 115 Å². The molecule has 1 aromatic rings. The summed E-state index contributed by atoms with van der Waals surface area (Å²) in [5, 5.41) is 6.77. The Morgan fingerprint density at radius 1 is 1.37 bits per heavy atom. The molecule has 110 valence electrons. The van der Waals surface area contributed by atoms with E-state index in [1.807, 2.05) is 13.8 Å². The van der Waals surface area contributed by atoms with Crippen molar-refractivity contribution in [3.05, 3.63) is 11.9 Å². The summed E-state index contributed by atoms with van der Waals surface area (Å²) in [6.45, 7) is 5.68. The van der Waals surface area contributed by atoms with Crippen molar-refractivity contribution in [2.45, 2.75) is 38.1 Å². The molecule has 0 spiro atoms. The minimum atomic E-state index is -3.17. The molecule has 0 aromatic carbocycles. The van der Waals surface area contributed by atoms with Gasteiger partial charge in [-0.1, -0.05) is 0 Å². The molecule has 0 saturated heterocycles. The first-order chi connectivity index (χ1) is 8.73. The molecule has 0 aliphatic carbocycles. The zero-order chi connectivity index (χ0) is 14.8. The number of methoxy groups -OCH3 is 1. The van der Waals surface area contributed by atoms with E-state index in [4.69, 9.17) is 4.74 Å². The second-order valence-electron chi connectivity index (χ2n) is 4.94. The summed E-state index contributed by atoms with van der Waals surface area (Å²) in [6, 6.07) is -0.239. The van der Waals surface area contributed by atoms with E-state index < -0.39 is 15.1 Å². The number of hydrogen-bond acceptors (Lipinski definition) is 5. The summed E-state index contributed by atoms with van der Waals surface area (Å²) in [6.07, 6.45) is 2.86. The van der Waals surface area contributed by atoms with Crippen molar-refractivity contribution in [1.82, 2.24) is 15.1 Å². The number of ether oxygens (including phenoxy) is 1. The first-order valence-corrected chi connectivity index (χ1v) is 8.17. The molecule has 0 bridgehead atoms. The zero-order valence-electron chi connectivity index (χ0n) is 12.3. The third-order valence-electron chi connectivity index (χ3n) is 3.26. The van der Waals surface area contributed by atoms with Crippen molar-refractivity contribution < 1.29 is 13.2 Å². The molecule has 1 N–H and O–H groups in total. The largest absolute Gasteiger partial charge is 0.493 e. The Morgan fingerprint density at radius 2 is 1.95 bits per heavy atom. The van der Waals surface area contributed by atoms with Gasteiger partial charge in [0.1, 0.15) is 0 Å². The molecule has 2 unspecified atom stereocenters. The van der Waals surface area contributed by atoms with Gasteiger partial charge in [-0.3, -0.25) is 4.68 Å². The molecule has 7 heteroatoms. The van der Waals surface area contributed by atoms with Crippen LogP contribution in [0.5, 0.6) is 5.75 Å². The van der Waals surface area contributed by atoms with Crippen LogP contribution in [-0.4, -0.2) is 43.9 Å². The lowest BCUT2D eigenvalue weighted by Gasteiger charge is -2.25. The number of aromatic nitrogens is 2. The quantitative estimate of drug-likeness (QED) is 0.851. The molecular weight excluding hydrogens is 266 g/mol. The Morgan fingerprint density at radius 3 is 2.32 bits per heavy atom. The van der Waals surface area contributed by atoms with E-state index in [0.717, 1.165) is 5.69 Å². The lowest BCUT2D eigenvalue weighted by molar-refractivity contribution is 0.386. The van der Waals surface area contributed by atoms with Crippen LogP contribution in [0, 0.1) is 0 Å². The van der Waals surface area contributed by atoms with Crippen molar-refractivity contribution in [3.8, 4) is 5.75 Å². The highest BCUT2D eigenvalue weighted by Gasteiger charge is 2.32. The second kappa shape index (κ2) is 5.92. The van der Waals surface area contributed by atoms with E-state index in [1.54, 1.807) is 32.0 Å². The maximum absolute atomic E-state index is 11.8. The lowest BCUT2D eigenvalue weighted by Crippen LogP contribution is -2.35. The van der Waals surface area contributed by atoms with Gasteiger partial charge < -0.3 is 10.1 Å². The number of hydrogen-bond donors (Lipinski definition) is 1. The Balaban J connectivity index is 3.35. The number of rotatable bonds is 6. The van der Waals surface area contributed by atoms with Crippen LogP contribution in [0.1, 0.15) is 38.5 Å². The van der Waals surface area contributed by atoms with Crippen molar-refractivity contribution in [2.24, 2.45) is 0 Å². The summed E-state index contributed by atoms with van der Waals surface area (Å²) < 4.78 is 30.7. The van der Waals surface area contributed by atoms with E-state index in [0.29, 0.717) is 5.75 Å². The maximum Gasteiger partial charge on any atom is 0.161 e. The van der Waals surface area contributed by atoms with Crippen molar-refractivity contribution in [3.63, 3.8) is 0 Å². The molecule has 0 amide bonds. The topological polar surface area (TPSA) is 73.2 Å². The van der Waals surface area contributed by atoms with E-state index >= 15 is 0 Å². The normalized spacial score (nSPS) is 15.5. The average Bonchev–Trinajstić information content (AvgIpc) is 2.72. The van der Waals surface area contributed by atoms with Gasteiger partial charge in [0.25, 0.3) is 0 Å². The monoisotopic (exact) mass is 289 g/mol. The van der Waals surface area contributed by atoms with Crippen LogP contribution in [0.25, 0.3) is 0 Å². The van der Waals surface area contributed by atoms with E-state index in [2.05, 4.69) is 10.4 Å². The molecule has 1 aromatic heterocycles. The van der Waals surface area contributed by atoms with Gasteiger partial charge in [-0.15, -0.1) is 0 Å². The average molecular weight is 289 g/mol. The Hall–Kier alpha value is -1.08. The van der Waals surface area contributed by atoms with Crippen molar-refractivity contribution >= 4 is 9.84 Å². The van der Waals surface area contributed by atoms with E-state index in [-0.39, 0.29) is 12.1 Å². The molecule has 0 aliphatic rings. The lowest BCUT2D eigenvalue weighted by atomic mass is 10.1. The van der Waals surface area contributed by atoms with Gasteiger partial charge in [0, 0.05) is 12.3 Å². The molecule has 6 nitrogen and oxygen atoms in total. The van der Waals surface area contributed by atoms with Gasteiger partial charge in [-0.25, -0.2) is 8.42 Å². The van der Waals surface area contributed by atoms with Crippen LogP contribution < -0.4 is 10.1 Å². The number of nitrogens with zero attached hydrogens (tertiary/aromatic N) is 2. The SMILES string of the molecule is CNC(c1c(OC)cnn1C(C)C)C(C)S(C)(=O)=O. The zero-order valence-corrected chi connectivity index (χ0v) is 13.2.